The molecule has 1 aliphatic heterocycles. The largest absolute Gasteiger partial charge is 0.382 e. The molecule has 1 fully saturated rings. The first-order chi connectivity index (χ1) is 9.19. The van der Waals surface area contributed by atoms with Gasteiger partial charge in [-0.15, -0.1) is 0 Å². The highest BCUT2D eigenvalue weighted by Crippen LogP contribution is 2.23. The van der Waals surface area contributed by atoms with Gasteiger partial charge in [-0.05, 0) is 62.9 Å². The molecule has 0 aliphatic carbocycles. The summed E-state index contributed by atoms with van der Waals surface area (Å²) in [5, 5.41) is 7.30. The second-order valence-corrected chi connectivity index (χ2v) is 6.50. The van der Waals surface area contributed by atoms with Gasteiger partial charge in [-0.3, -0.25) is 0 Å². The molecule has 0 amide bonds. The fourth-order valence-electron chi connectivity index (χ4n) is 2.87. The van der Waals surface area contributed by atoms with Gasteiger partial charge in [0.25, 0.3) is 0 Å². The van der Waals surface area contributed by atoms with Gasteiger partial charge in [-0.2, -0.15) is 0 Å². The number of nitrogens with one attached hydrogen (secondary N) is 2. The topological polar surface area (TPSA) is 24.1 Å². The average molecular weight is 325 g/mol. The van der Waals surface area contributed by atoms with E-state index in [0.29, 0.717) is 12.1 Å². The summed E-state index contributed by atoms with van der Waals surface area (Å²) >= 11 is 3.55. The average Bonchev–Trinajstić information content (AvgIpc) is 2.42. The van der Waals surface area contributed by atoms with Crippen molar-refractivity contribution in [1.82, 2.24) is 5.32 Å². The third kappa shape index (κ3) is 4.50. The Hall–Kier alpha value is -0.540. The number of hydrogen-bond acceptors (Lipinski definition) is 2. The first-order valence-electron chi connectivity index (χ1n) is 7.47. The minimum absolute atomic E-state index is 0.516. The molecule has 1 aromatic carbocycles. The smallest absolute Gasteiger partial charge is 0.0375 e. The standard InChI is InChI=1S/C16H25BrN2/c1-3-13-11-14(17)7-8-16(13)19-12(2)10-15-6-4-5-9-18-15/h7-8,11-12,15,18-19H,3-6,9-10H2,1-2H3. The molecule has 0 bridgehead atoms. The van der Waals surface area contributed by atoms with Crippen LogP contribution in [-0.4, -0.2) is 18.6 Å². The van der Waals surface area contributed by atoms with Crippen LogP contribution in [0.1, 0.15) is 45.1 Å². The highest BCUT2D eigenvalue weighted by molar-refractivity contribution is 9.10. The van der Waals surface area contributed by atoms with Gasteiger partial charge in [0, 0.05) is 22.2 Å². The lowest BCUT2D eigenvalue weighted by Crippen LogP contribution is -2.37. The van der Waals surface area contributed by atoms with E-state index in [2.05, 4.69) is 58.6 Å². The molecule has 2 N–H and O–H groups in total. The van der Waals surface area contributed by atoms with Crippen LogP contribution in [0.4, 0.5) is 5.69 Å². The van der Waals surface area contributed by atoms with Gasteiger partial charge in [0.2, 0.25) is 0 Å². The Labute approximate surface area is 125 Å². The van der Waals surface area contributed by atoms with Crippen LogP contribution < -0.4 is 10.6 Å². The van der Waals surface area contributed by atoms with E-state index in [4.69, 9.17) is 0 Å². The zero-order chi connectivity index (χ0) is 13.7. The van der Waals surface area contributed by atoms with Crippen LogP contribution in [0, 0.1) is 0 Å². The van der Waals surface area contributed by atoms with E-state index in [0.717, 1.165) is 10.9 Å². The predicted molar refractivity (Wildman–Crippen MR) is 86.9 cm³/mol. The number of rotatable bonds is 5. The van der Waals surface area contributed by atoms with E-state index in [1.807, 2.05) is 0 Å². The van der Waals surface area contributed by atoms with Crippen molar-refractivity contribution >= 4 is 21.6 Å². The molecule has 2 nitrogen and oxygen atoms in total. The lowest BCUT2D eigenvalue weighted by Gasteiger charge is -2.27. The molecule has 2 atom stereocenters. The van der Waals surface area contributed by atoms with E-state index in [1.165, 1.54) is 43.5 Å². The third-order valence-electron chi connectivity index (χ3n) is 3.90. The maximum absolute atomic E-state index is 3.68. The molecule has 0 saturated carbocycles. The monoisotopic (exact) mass is 324 g/mol. The first-order valence-corrected chi connectivity index (χ1v) is 8.26. The van der Waals surface area contributed by atoms with Gasteiger partial charge in [0.15, 0.2) is 0 Å². The van der Waals surface area contributed by atoms with E-state index in [-0.39, 0.29) is 0 Å². The SMILES string of the molecule is CCc1cc(Br)ccc1NC(C)CC1CCCCN1. The summed E-state index contributed by atoms with van der Waals surface area (Å²) in [4.78, 5) is 0. The molecule has 3 heteroatoms. The van der Waals surface area contributed by atoms with Crippen molar-refractivity contribution < 1.29 is 0 Å². The van der Waals surface area contributed by atoms with Crippen LogP contribution in [0.5, 0.6) is 0 Å². The second-order valence-electron chi connectivity index (χ2n) is 5.58. The van der Waals surface area contributed by atoms with Crippen molar-refractivity contribution in [2.45, 2.75) is 58.0 Å². The molecule has 0 radical (unpaired) electrons. The van der Waals surface area contributed by atoms with Crippen molar-refractivity contribution in [3.63, 3.8) is 0 Å². The van der Waals surface area contributed by atoms with Gasteiger partial charge >= 0.3 is 0 Å². The summed E-state index contributed by atoms with van der Waals surface area (Å²) in [7, 11) is 0. The van der Waals surface area contributed by atoms with Gasteiger partial charge in [-0.1, -0.05) is 29.3 Å². The molecule has 1 heterocycles. The van der Waals surface area contributed by atoms with Crippen molar-refractivity contribution in [2.75, 3.05) is 11.9 Å². The highest BCUT2D eigenvalue weighted by Gasteiger charge is 2.16. The van der Waals surface area contributed by atoms with Crippen LogP contribution in [-0.2, 0) is 6.42 Å². The quantitative estimate of drug-likeness (QED) is 0.841. The maximum atomic E-state index is 3.68. The van der Waals surface area contributed by atoms with Crippen LogP contribution in [0.3, 0.4) is 0 Å². The molecule has 19 heavy (non-hydrogen) atoms. The third-order valence-corrected chi connectivity index (χ3v) is 4.39. The summed E-state index contributed by atoms with van der Waals surface area (Å²) in [6.07, 6.45) is 6.32. The summed E-state index contributed by atoms with van der Waals surface area (Å²) in [6.45, 7) is 5.69. The molecule has 0 aromatic heterocycles. The minimum Gasteiger partial charge on any atom is -0.382 e. The van der Waals surface area contributed by atoms with Crippen molar-refractivity contribution in [2.24, 2.45) is 0 Å². The zero-order valence-corrected chi connectivity index (χ0v) is 13.6. The van der Waals surface area contributed by atoms with E-state index < -0.39 is 0 Å². The number of benzene rings is 1. The Morgan fingerprint density at radius 3 is 2.95 bits per heavy atom. The number of aryl methyl sites for hydroxylation is 1. The fraction of sp³-hybridized carbons (Fsp3) is 0.625. The lowest BCUT2D eigenvalue weighted by atomic mass is 9.98. The minimum atomic E-state index is 0.516. The molecule has 106 valence electrons. The fourth-order valence-corrected chi connectivity index (χ4v) is 3.28. The van der Waals surface area contributed by atoms with Crippen molar-refractivity contribution in [3.8, 4) is 0 Å². The summed E-state index contributed by atoms with van der Waals surface area (Å²) in [5.41, 5.74) is 2.67. The number of halogens is 1. The molecule has 2 rings (SSSR count). The number of hydrogen-bond donors (Lipinski definition) is 2. The van der Waals surface area contributed by atoms with Gasteiger partial charge in [0.1, 0.15) is 0 Å². The highest BCUT2D eigenvalue weighted by atomic mass is 79.9. The molecule has 2 unspecified atom stereocenters. The zero-order valence-electron chi connectivity index (χ0n) is 12.0. The lowest BCUT2D eigenvalue weighted by molar-refractivity contribution is 0.371. The Morgan fingerprint density at radius 1 is 1.42 bits per heavy atom. The predicted octanol–water partition coefficient (Wildman–Crippen LogP) is 4.34. The van der Waals surface area contributed by atoms with Gasteiger partial charge in [-0.25, -0.2) is 0 Å². The second kappa shape index (κ2) is 7.30. The summed E-state index contributed by atoms with van der Waals surface area (Å²) < 4.78 is 1.16. The number of anilines is 1. The molecular formula is C16H25BrN2. The maximum Gasteiger partial charge on any atom is 0.0375 e. The molecule has 0 spiro atoms. The summed E-state index contributed by atoms with van der Waals surface area (Å²) in [5.74, 6) is 0. The Balaban J connectivity index is 1.92. The molecule has 1 aliphatic rings. The van der Waals surface area contributed by atoms with E-state index >= 15 is 0 Å². The number of piperidine rings is 1. The molecular weight excluding hydrogens is 300 g/mol. The summed E-state index contributed by atoms with van der Waals surface area (Å²) in [6, 6.07) is 7.73. The van der Waals surface area contributed by atoms with Crippen LogP contribution in [0.2, 0.25) is 0 Å². The van der Waals surface area contributed by atoms with E-state index in [1.54, 1.807) is 0 Å². The van der Waals surface area contributed by atoms with Crippen LogP contribution >= 0.6 is 15.9 Å². The van der Waals surface area contributed by atoms with Crippen LogP contribution in [0.25, 0.3) is 0 Å². The molecule has 1 saturated heterocycles. The Morgan fingerprint density at radius 2 is 2.26 bits per heavy atom. The van der Waals surface area contributed by atoms with Gasteiger partial charge < -0.3 is 10.6 Å². The van der Waals surface area contributed by atoms with Gasteiger partial charge in [0.05, 0.1) is 0 Å². The Kier molecular flexibility index (Phi) is 5.71. The van der Waals surface area contributed by atoms with Crippen molar-refractivity contribution in [1.29, 1.82) is 0 Å². The van der Waals surface area contributed by atoms with Crippen LogP contribution in [0.15, 0.2) is 22.7 Å². The normalized spacial score (nSPS) is 21.1. The molecule has 1 aromatic rings. The van der Waals surface area contributed by atoms with E-state index in [9.17, 15) is 0 Å². The Bertz CT molecular complexity index is 400. The van der Waals surface area contributed by atoms with Crippen molar-refractivity contribution in [3.05, 3.63) is 28.2 Å². The first kappa shape index (κ1) is 14.9.